The van der Waals surface area contributed by atoms with Crippen molar-refractivity contribution in [2.24, 2.45) is 5.10 Å². The van der Waals surface area contributed by atoms with Crippen molar-refractivity contribution < 1.29 is 9.53 Å². The first-order chi connectivity index (χ1) is 11.1. The first-order valence-corrected chi connectivity index (χ1v) is 7.87. The molecule has 0 unspecified atom stereocenters. The predicted octanol–water partition coefficient (Wildman–Crippen LogP) is 3.72. The van der Waals surface area contributed by atoms with Crippen LogP contribution in [0.25, 0.3) is 6.08 Å². The van der Waals surface area contributed by atoms with Crippen molar-refractivity contribution in [3.63, 3.8) is 0 Å². The van der Waals surface area contributed by atoms with E-state index in [1.165, 1.54) is 5.01 Å². The van der Waals surface area contributed by atoms with Gasteiger partial charge < -0.3 is 4.74 Å². The molecule has 0 fully saturated rings. The maximum atomic E-state index is 12.5. The number of hydrogen-bond acceptors (Lipinski definition) is 3. The Hall–Kier alpha value is -2.40. The zero-order valence-corrected chi connectivity index (χ0v) is 14.4. The summed E-state index contributed by atoms with van der Waals surface area (Å²) in [7, 11) is 3.28. The summed E-state index contributed by atoms with van der Waals surface area (Å²) in [4.78, 5) is 12.5. The lowest BCUT2D eigenvalue weighted by Gasteiger charge is -2.06. The van der Waals surface area contributed by atoms with Crippen molar-refractivity contribution in [2.75, 3.05) is 14.2 Å². The Morgan fingerprint density at radius 2 is 1.91 bits per heavy atom. The summed E-state index contributed by atoms with van der Waals surface area (Å²) in [5.74, 6) is 0.607. The van der Waals surface area contributed by atoms with Gasteiger partial charge in [0, 0.05) is 17.1 Å². The number of likely N-dealkylation sites (N-methyl/N-ethyl adjacent to an activating group) is 1. The maximum Gasteiger partial charge on any atom is 0.276 e. The topological polar surface area (TPSA) is 41.9 Å². The lowest BCUT2D eigenvalue weighted by molar-refractivity contribution is -0.124. The highest BCUT2D eigenvalue weighted by Gasteiger charge is 2.28. The van der Waals surface area contributed by atoms with Gasteiger partial charge in [-0.15, -0.1) is 0 Å². The van der Waals surface area contributed by atoms with Gasteiger partial charge in [-0.05, 0) is 29.8 Å². The van der Waals surface area contributed by atoms with Gasteiger partial charge in [0.05, 0.1) is 12.7 Å². The normalized spacial score (nSPS) is 16.0. The van der Waals surface area contributed by atoms with Gasteiger partial charge in [0.25, 0.3) is 5.91 Å². The second kappa shape index (κ2) is 6.38. The van der Waals surface area contributed by atoms with Crippen LogP contribution in [-0.4, -0.2) is 30.8 Å². The van der Waals surface area contributed by atoms with Gasteiger partial charge in [0.15, 0.2) is 0 Å². The molecule has 23 heavy (non-hydrogen) atoms. The van der Waals surface area contributed by atoms with Crippen molar-refractivity contribution in [1.82, 2.24) is 5.01 Å². The van der Waals surface area contributed by atoms with Crippen LogP contribution in [-0.2, 0) is 4.79 Å². The molecule has 0 aliphatic carbocycles. The van der Waals surface area contributed by atoms with Crippen LogP contribution in [0.1, 0.15) is 11.1 Å². The third kappa shape index (κ3) is 3.05. The average Bonchev–Trinajstić information content (AvgIpc) is 2.86. The molecule has 1 aliphatic rings. The Kier molecular flexibility index (Phi) is 4.30. The van der Waals surface area contributed by atoms with E-state index in [1.54, 1.807) is 14.2 Å². The summed E-state index contributed by atoms with van der Waals surface area (Å²) in [5.41, 5.74) is 3.02. The number of nitrogens with zero attached hydrogens (tertiary/aromatic N) is 2. The Balaban J connectivity index is 2.09. The first-order valence-electron chi connectivity index (χ1n) is 7.08. The zero-order chi connectivity index (χ0) is 16.4. The lowest BCUT2D eigenvalue weighted by atomic mass is 10.0. The van der Waals surface area contributed by atoms with E-state index >= 15 is 0 Å². The zero-order valence-electron chi connectivity index (χ0n) is 12.8. The van der Waals surface area contributed by atoms with Gasteiger partial charge in [-0.1, -0.05) is 46.3 Å². The van der Waals surface area contributed by atoms with E-state index in [2.05, 4.69) is 21.0 Å². The summed E-state index contributed by atoms with van der Waals surface area (Å²) in [6, 6.07) is 15.3. The molecule has 0 aromatic heterocycles. The lowest BCUT2D eigenvalue weighted by Crippen LogP contribution is -2.17. The fourth-order valence-electron chi connectivity index (χ4n) is 2.38. The number of hydrazone groups is 1. The van der Waals surface area contributed by atoms with Crippen LogP contribution in [0.2, 0.25) is 0 Å². The molecule has 0 N–H and O–H groups in total. The number of amides is 1. The summed E-state index contributed by atoms with van der Waals surface area (Å²) < 4.78 is 6.15. The van der Waals surface area contributed by atoms with E-state index in [4.69, 9.17) is 4.74 Å². The number of rotatable bonds is 3. The Bertz CT molecular complexity index is 813. The van der Waals surface area contributed by atoms with Gasteiger partial charge in [-0.3, -0.25) is 4.79 Å². The molecule has 3 rings (SSSR count). The third-order valence-corrected chi connectivity index (χ3v) is 4.30. The molecule has 1 aliphatic heterocycles. The van der Waals surface area contributed by atoms with E-state index < -0.39 is 0 Å². The number of halogens is 1. The Morgan fingerprint density at radius 1 is 1.17 bits per heavy atom. The maximum absolute atomic E-state index is 12.5. The molecule has 2 aromatic carbocycles. The highest BCUT2D eigenvalue weighted by Crippen LogP contribution is 2.28. The van der Waals surface area contributed by atoms with Crippen molar-refractivity contribution in [2.45, 2.75) is 0 Å². The summed E-state index contributed by atoms with van der Waals surface area (Å²) in [6.45, 7) is 0. The minimum Gasteiger partial charge on any atom is -0.497 e. The molecule has 116 valence electrons. The number of carbonyl (C=O) groups excluding carboxylic acids is 1. The van der Waals surface area contributed by atoms with Gasteiger partial charge in [0.1, 0.15) is 11.5 Å². The summed E-state index contributed by atoms with van der Waals surface area (Å²) in [5, 5.41) is 5.74. The Labute approximate surface area is 143 Å². The average molecular weight is 371 g/mol. The molecule has 0 saturated heterocycles. The highest BCUT2D eigenvalue weighted by atomic mass is 79.9. The van der Waals surface area contributed by atoms with Crippen molar-refractivity contribution in [3.05, 3.63) is 69.7 Å². The third-order valence-electron chi connectivity index (χ3n) is 3.58. The number of carbonyl (C=O) groups is 1. The van der Waals surface area contributed by atoms with E-state index in [9.17, 15) is 4.79 Å². The fourth-order valence-corrected chi connectivity index (χ4v) is 2.74. The molecular weight excluding hydrogens is 356 g/mol. The molecule has 0 atom stereocenters. The van der Waals surface area contributed by atoms with Crippen LogP contribution >= 0.6 is 15.9 Å². The summed E-state index contributed by atoms with van der Waals surface area (Å²) in [6.07, 6.45) is 1.84. The second-order valence-corrected chi connectivity index (χ2v) is 5.94. The van der Waals surface area contributed by atoms with E-state index in [1.807, 2.05) is 54.6 Å². The van der Waals surface area contributed by atoms with Crippen LogP contribution in [0.3, 0.4) is 0 Å². The summed E-state index contributed by atoms with van der Waals surface area (Å²) >= 11 is 3.51. The second-order valence-electron chi connectivity index (χ2n) is 5.09. The first kappa shape index (κ1) is 15.5. The van der Waals surface area contributed by atoms with Crippen molar-refractivity contribution >= 4 is 33.6 Å². The SMILES string of the molecule is COc1ccc(Br)c(/C=C2/C(=O)N(C)N=C2c2ccccc2)c1. The monoisotopic (exact) mass is 370 g/mol. The van der Waals surface area contributed by atoms with Gasteiger partial charge in [0.2, 0.25) is 0 Å². The Morgan fingerprint density at radius 3 is 2.61 bits per heavy atom. The smallest absolute Gasteiger partial charge is 0.276 e. The minimum absolute atomic E-state index is 0.126. The van der Waals surface area contributed by atoms with Crippen LogP contribution in [0, 0.1) is 0 Å². The molecule has 4 nitrogen and oxygen atoms in total. The van der Waals surface area contributed by atoms with Crippen LogP contribution < -0.4 is 4.74 Å². The molecule has 0 radical (unpaired) electrons. The minimum atomic E-state index is -0.126. The predicted molar refractivity (Wildman–Crippen MR) is 94.4 cm³/mol. The van der Waals surface area contributed by atoms with E-state index in [-0.39, 0.29) is 5.91 Å². The van der Waals surface area contributed by atoms with Crippen LogP contribution in [0.4, 0.5) is 0 Å². The van der Waals surface area contributed by atoms with E-state index in [0.29, 0.717) is 11.3 Å². The number of methoxy groups -OCH3 is 1. The van der Waals surface area contributed by atoms with Gasteiger partial charge in [-0.25, -0.2) is 5.01 Å². The van der Waals surface area contributed by atoms with Crippen LogP contribution in [0.15, 0.2) is 63.7 Å². The molecule has 0 bridgehead atoms. The molecule has 0 saturated carbocycles. The molecular formula is C18H15BrN2O2. The standard InChI is InChI=1S/C18H15BrN2O2/c1-21-18(22)15(17(20-21)12-6-4-3-5-7-12)11-13-10-14(23-2)8-9-16(13)19/h3-11H,1-2H3/b15-11+. The highest BCUT2D eigenvalue weighted by molar-refractivity contribution is 9.10. The van der Waals surface area contributed by atoms with Gasteiger partial charge in [-0.2, -0.15) is 5.10 Å². The molecule has 0 spiro atoms. The molecule has 5 heteroatoms. The van der Waals surface area contributed by atoms with Crippen LogP contribution in [0.5, 0.6) is 5.75 Å². The number of benzene rings is 2. The van der Waals surface area contributed by atoms with Crippen molar-refractivity contribution in [3.8, 4) is 5.75 Å². The van der Waals surface area contributed by atoms with E-state index in [0.717, 1.165) is 21.3 Å². The molecule has 2 aromatic rings. The molecule has 1 amide bonds. The fraction of sp³-hybridized carbons (Fsp3) is 0.111. The van der Waals surface area contributed by atoms with Gasteiger partial charge >= 0.3 is 0 Å². The number of ether oxygens (including phenoxy) is 1. The number of hydrogen-bond donors (Lipinski definition) is 0. The van der Waals surface area contributed by atoms with Crippen molar-refractivity contribution in [1.29, 1.82) is 0 Å². The quantitative estimate of drug-likeness (QED) is 0.772. The largest absolute Gasteiger partial charge is 0.497 e. The molecule has 1 heterocycles.